The van der Waals surface area contributed by atoms with Crippen molar-refractivity contribution in [3.8, 4) is 11.3 Å². The number of hydrogen-bond donors (Lipinski definition) is 0. The van der Waals surface area contributed by atoms with Crippen molar-refractivity contribution in [2.75, 3.05) is 0 Å². The molecule has 0 aliphatic carbocycles. The summed E-state index contributed by atoms with van der Waals surface area (Å²) in [6, 6.07) is 7.39. The molecule has 0 N–H and O–H groups in total. The molecule has 7 heteroatoms. The van der Waals surface area contributed by atoms with Crippen LogP contribution in [0.4, 0.5) is 0 Å². The summed E-state index contributed by atoms with van der Waals surface area (Å²) in [5, 5.41) is 8.49. The Morgan fingerprint density at radius 3 is 2.71 bits per heavy atom. The fraction of sp³-hybridized carbons (Fsp3) is 0.214. The highest BCUT2D eigenvalue weighted by molar-refractivity contribution is 6.30. The first-order valence-corrected chi connectivity index (χ1v) is 7.18. The summed E-state index contributed by atoms with van der Waals surface area (Å²) in [5.74, 6) is 1.24. The number of alkyl halides is 1. The highest BCUT2D eigenvalue weighted by Gasteiger charge is 2.10. The fourth-order valence-electron chi connectivity index (χ4n) is 1.84. The molecule has 21 heavy (non-hydrogen) atoms. The molecule has 1 aromatic carbocycles. The third-order valence-corrected chi connectivity index (χ3v) is 3.42. The standard InChI is InChI=1S/C14H12Cl2N4O/c1-9(15)12-7-20(19-18-12)8-14-17-6-13(21-14)10-2-4-11(16)5-3-10/h2-7,9H,8H2,1H3. The van der Waals surface area contributed by atoms with Gasteiger partial charge in [0.25, 0.3) is 0 Å². The fourth-order valence-corrected chi connectivity index (χ4v) is 2.07. The molecule has 108 valence electrons. The van der Waals surface area contributed by atoms with Crippen molar-refractivity contribution in [3.05, 3.63) is 53.3 Å². The molecule has 0 aliphatic heterocycles. The van der Waals surface area contributed by atoms with Crippen molar-refractivity contribution in [2.24, 2.45) is 0 Å². The quantitative estimate of drug-likeness (QED) is 0.683. The second kappa shape index (κ2) is 5.87. The molecule has 0 bridgehead atoms. The maximum Gasteiger partial charge on any atom is 0.216 e. The maximum atomic E-state index is 5.95. The molecule has 0 fully saturated rings. The second-order valence-electron chi connectivity index (χ2n) is 4.58. The predicted octanol–water partition coefficient (Wildman–Crippen LogP) is 3.93. The van der Waals surface area contributed by atoms with E-state index in [-0.39, 0.29) is 5.38 Å². The van der Waals surface area contributed by atoms with Crippen LogP contribution in [-0.4, -0.2) is 20.0 Å². The van der Waals surface area contributed by atoms with Gasteiger partial charge in [0.1, 0.15) is 12.2 Å². The third-order valence-electron chi connectivity index (χ3n) is 2.94. The average molecular weight is 323 g/mol. The van der Waals surface area contributed by atoms with Gasteiger partial charge in [-0.2, -0.15) is 0 Å². The molecule has 2 heterocycles. The molecule has 3 aromatic rings. The van der Waals surface area contributed by atoms with Crippen LogP contribution in [0.15, 0.2) is 41.1 Å². The maximum absolute atomic E-state index is 5.95. The summed E-state index contributed by atoms with van der Waals surface area (Å²) < 4.78 is 7.35. The normalized spacial score (nSPS) is 12.5. The van der Waals surface area contributed by atoms with Crippen LogP contribution in [0.25, 0.3) is 11.3 Å². The second-order valence-corrected chi connectivity index (χ2v) is 5.67. The zero-order chi connectivity index (χ0) is 14.8. The first-order chi connectivity index (χ1) is 10.1. The lowest BCUT2D eigenvalue weighted by atomic mass is 10.2. The van der Waals surface area contributed by atoms with Crippen LogP contribution in [0.2, 0.25) is 5.02 Å². The monoisotopic (exact) mass is 322 g/mol. The van der Waals surface area contributed by atoms with Crippen molar-refractivity contribution in [1.29, 1.82) is 0 Å². The molecule has 1 unspecified atom stereocenters. The van der Waals surface area contributed by atoms with E-state index in [4.69, 9.17) is 27.6 Å². The summed E-state index contributed by atoms with van der Waals surface area (Å²) in [6.45, 7) is 2.25. The molecule has 5 nitrogen and oxygen atoms in total. The van der Waals surface area contributed by atoms with Gasteiger partial charge in [-0.15, -0.1) is 16.7 Å². The Balaban J connectivity index is 1.76. The van der Waals surface area contributed by atoms with E-state index in [1.807, 2.05) is 31.2 Å². The molecule has 2 aromatic heterocycles. The lowest BCUT2D eigenvalue weighted by Gasteiger charge is -1.97. The molecule has 0 saturated heterocycles. The Morgan fingerprint density at radius 2 is 2.05 bits per heavy atom. The number of benzene rings is 1. The summed E-state index contributed by atoms with van der Waals surface area (Å²) in [7, 11) is 0. The Bertz CT molecular complexity index is 734. The highest BCUT2D eigenvalue weighted by atomic mass is 35.5. The van der Waals surface area contributed by atoms with Crippen molar-refractivity contribution in [1.82, 2.24) is 20.0 Å². The predicted molar refractivity (Wildman–Crippen MR) is 80.3 cm³/mol. The molecule has 0 saturated carbocycles. The van der Waals surface area contributed by atoms with Crippen molar-refractivity contribution >= 4 is 23.2 Å². The van der Waals surface area contributed by atoms with Gasteiger partial charge < -0.3 is 4.42 Å². The van der Waals surface area contributed by atoms with Gasteiger partial charge in [0, 0.05) is 10.6 Å². The van der Waals surface area contributed by atoms with E-state index in [1.54, 1.807) is 17.1 Å². The molecule has 1 atom stereocenters. The van der Waals surface area contributed by atoms with E-state index in [2.05, 4.69) is 15.3 Å². The Morgan fingerprint density at radius 1 is 1.29 bits per heavy atom. The van der Waals surface area contributed by atoms with Gasteiger partial charge in [-0.1, -0.05) is 16.8 Å². The van der Waals surface area contributed by atoms with Crippen molar-refractivity contribution in [3.63, 3.8) is 0 Å². The van der Waals surface area contributed by atoms with E-state index in [0.717, 1.165) is 11.3 Å². The average Bonchev–Trinajstić information content (AvgIpc) is 3.10. The minimum atomic E-state index is -0.173. The van der Waals surface area contributed by atoms with E-state index < -0.39 is 0 Å². The number of hydrogen-bond acceptors (Lipinski definition) is 4. The number of aromatic nitrogens is 4. The number of nitrogens with zero attached hydrogens (tertiary/aromatic N) is 4. The van der Waals surface area contributed by atoms with Gasteiger partial charge in [-0.3, -0.25) is 0 Å². The Labute approximate surface area is 131 Å². The van der Waals surface area contributed by atoms with Crippen LogP contribution < -0.4 is 0 Å². The van der Waals surface area contributed by atoms with Crippen molar-refractivity contribution in [2.45, 2.75) is 18.8 Å². The topological polar surface area (TPSA) is 56.7 Å². The number of oxazole rings is 1. The largest absolute Gasteiger partial charge is 0.439 e. The molecular weight excluding hydrogens is 311 g/mol. The third kappa shape index (κ3) is 3.25. The SMILES string of the molecule is CC(Cl)c1cn(Cc2ncc(-c3ccc(Cl)cc3)o2)nn1. The molecule has 3 rings (SSSR count). The van der Waals surface area contributed by atoms with Gasteiger partial charge in [-0.25, -0.2) is 9.67 Å². The summed E-state index contributed by atoms with van der Waals surface area (Å²) >= 11 is 11.8. The summed E-state index contributed by atoms with van der Waals surface area (Å²) in [6.07, 6.45) is 3.46. The Kier molecular flexibility index (Phi) is 3.94. The van der Waals surface area contributed by atoms with Crippen LogP contribution in [0.5, 0.6) is 0 Å². The highest BCUT2D eigenvalue weighted by Crippen LogP contribution is 2.22. The summed E-state index contributed by atoms with van der Waals surface area (Å²) in [4.78, 5) is 4.24. The van der Waals surface area contributed by atoms with Gasteiger partial charge in [-0.05, 0) is 31.2 Å². The zero-order valence-electron chi connectivity index (χ0n) is 11.2. The molecule has 0 amide bonds. The first-order valence-electron chi connectivity index (χ1n) is 6.36. The van der Waals surface area contributed by atoms with E-state index >= 15 is 0 Å². The van der Waals surface area contributed by atoms with Crippen LogP contribution >= 0.6 is 23.2 Å². The van der Waals surface area contributed by atoms with Gasteiger partial charge in [0.2, 0.25) is 5.89 Å². The number of halogens is 2. The van der Waals surface area contributed by atoms with Crippen molar-refractivity contribution < 1.29 is 4.42 Å². The molecular formula is C14H12Cl2N4O. The molecule has 0 radical (unpaired) electrons. The number of rotatable bonds is 4. The lowest BCUT2D eigenvalue weighted by Crippen LogP contribution is -2.00. The van der Waals surface area contributed by atoms with Crippen LogP contribution in [0.1, 0.15) is 23.9 Å². The minimum Gasteiger partial charge on any atom is -0.439 e. The van der Waals surface area contributed by atoms with Crippen LogP contribution in [0.3, 0.4) is 0 Å². The van der Waals surface area contributed by atoms with Crippen LogP contribution in [-0.2, 0) is 6.54 Å². The van der Waals surface area contributed by atoms with Crippen LogP contribution in [0, 0.1) is 0 Å². The van der Waals surface area contributed by atoms with E-state index in [0.29, 0.717) is 23.2 Å². The molecule has 0 aliphatic rings. The lowest BCUT2D eigenvalue weighted by molar-refractivity contribution is 0.469. The van der Waals surface area contributed by atoms with Gasteiger partial charge >= 0.3 is 0 Å². The zero-order valence-corrected chi connectivity index (χ0v) is 12.7. The minimum absolute atomic E-state index is 0.173. The first kappa shape index (κ1) is 14.1. The van der Waals surface area contributed by atoms with Gasteiger partial charge in [0.05, 0.1) is 17.8 Å². The van der Waals surface area contributed by atoms with E-state index in [1.165, 1.54) is 0 Å². The smallest absolute Gasteiger partial charge is 0.216 e. The van der Waals surface area contributed by atoms with Gasteiger partial charge in [0.15, 0.2) is 5.76 Å². The summed E-state index contributed by atoms with van der Waals surface area (Å²) in [5.41, 5.74) is 1.65. The Hall–Kier alpha value is -1.85. The van der Waals surface area contributed by atoms with E-state index in [9.17, 15) is 0 Å². The molecule has 0 spiro atoms.